The summed E-state index contributed by atoms with van der Waals surface area (Å²) in [4.78, 5) is 2.73. The molecule has 0 radical (unpaired) electrons. The first-order valence-corrected chi connectivity index (χ1v) is 9.63. The van der Waals surface area contributed by atoms with Crippen molar-refractivity contribution in [3.05, 3.63) is 47.7 Å². The number of nitrogens with zero attached hydrogens (tertiary/aromatic N) is 1. The van der Waals surface area contributed by atoms with Crippen LogP contribution in [0, 0.1) is 18.8 Å². The van der Waals surface area contributed by atoms with E-state index in [-0.39, 0.29) is 0 Å². The second-order valence-electron chi connectivity index (χ2n) is 7.78. The van der Waals surface area contributed by atoms with Gasteiger partial charge in [-0.25, -0.2) is 0 Å². The fraction of sp³-hybridized carbons (Fsp3) is 0.545. The predicted molar refractivity (Wildman–Crippen MR) is 100 cm³/mol. The minimum absolute atomic E-state index is 0.668. The van der Waals surface area contributed by atoms with E-state index in [9.17, 15) is 0 Å². The van der Waals surface area contributed by atoms with Crippen LogP contribution in [0.5, 0.6) is 0 Å². The van der Waals surface area contributed by atoms with Gasteiger partial charge in [-0.1, -0.05) is 43.5 Å². The molecule has 3 aliphatic rings. The first-order valence-electron chi connectivity index (χ1n) is 9.63. The normalized spacial score (nSPS) is 26.5. The second-order valence-corrected chi connectivity index (χ2v) is 7.78. The van der Waals surface area contributed by atoms with Crippen molar-refractivity contribution in [2.45, 2.75) is 52.0 Å². The molecule has 2 heteroatoms. The molecule has 3 unspecified atom stereocenters. The van der Waals surface area contributed by atoms with Gasteiger partial charge in [0.1, 0.15) is 5.58 Å². The third kappa shape index (κ3) is 3.04. The standard InChI is InChI=1S/C22H29NO/c1-3-4-5-18-13-17-7-8-21(18)23(14-17)11-10-19-15-24-22-9-6-16(2)12-20(19)22/h6-9,12,15,17-18,21H,3-5,10-11,13-14H2,1-2H3. The van der Waals surface area contributed by atoms with Crippen LogP contribution in [-0.2, 0) is 6.42 Å². The van der Waals surface area contributed by atoms with E-state index in [1.54, 1.807) is 0 Å². The lowest BCUT2D eigenvalue weighted by atomic mass is 9.75. The van der Waals surface area contributed by atoms with E-state index < -0.39 is 0 Å². The van der Waals surface area contributed by atoms with Gasteiger partial charge in [0.15, 0.2) is 0 Å². The van der Waals surface area contributed by atoms with Gasteiger partial charge in [-0.3, -0.25) is 4.90 Å². The summed E-state index contributed by atoms with van der Waals surface area (Å²) in [7, 11) is 0. The van der Waals surface area contributed by atoms with Crippen LogP contribution in [0.3, 0.4) is 0 Å². The maximum Gasteiger partial charge on any atom is 0.134 e. The summed E-state index contributed by atoms with van der Waals surface area (Å²) < 4.78 is 5.75. The molecule has 1 aliphatic carbocycles. The predicted octanol–water partition coefficient (Wildman–Crippen LogP) is 5.35. The van der Waals surface area contributed by atoms with Gasteiger partial charge in [0, 0.05) is 24.5 Å². The van der Waals surface area contributed by atoms with Crippen molar-refractivity contribution in [3.8, 4) is 0 Å². The molecule has 128 valence electrons. The molecule has 5 rings (SSSR count). The van der Waals surface area contributed by atoms with E-state index in [2.05, 4.69) is 49.1 Å². The minimum Gasteiger partial charge on any atom is -0.464 e. The van der Waals surface area contributed by atoms with E-state index in [0.717, 1.165) is 30.4 Å². The average Bonchev–Trinajstić information content (AvgIpc) is 3.00. The lowest BCUT2D eigenvalue weighted by molar-refractivity contribution is 0.0789. The van der Waals surface area contributed by atoms with Gasteiger partial charge in [-0.2, -0.15) is 0 Å². The average molecular weight is 323 g/mol. The lowest BCUT2D eigenvalue weighted by Gasteiger charge is -2.46. The molecule has 0 saturated carbocycles. The minimum atomic E-state index is 0.668. The number of furan rings is 1. The van der Waals surface area contributed by atoms with Gasteiger partial charge in [-0.15, -0.1) is 0 Å². The number of rotatable bonds is 6. The van der Waals surface area contributed by atoms with E-state index >= 15 is 0 Å². The molecular formula is C22H29NO. The molecule has 1 aromatic carbocycles. The monoisotopic (exact) mass is 323 g/mol. The van der Waals surface area contributed by atoms with Crippen LogP contribution in [-0.4, -0.2) is 24.0 Å². The molecule has 2 bridgehead atoms. The third-order valence-corrected chi connectivity index (χ3v) is 5.97. The largest absolute Gasteiger partial charge is 0.464 e. The summed E-state index contributed by atoms with van der Waals surface area (Å²) in [5.74, 6) is 1.65. The maximum atomic E-state index is 5.75. The first-order chi connectivity index (χ1) is 11.7. The molecule has 0 amide bonds. The van der Waals surface area contributed by atoms with Gasteiger partial charge < -0.3 is 4.42 Å². The fourth-order valence-electron chi connectivity index (χ4n) is 4.66. The van der Waals surface area contributed by atoms with Crippen molar-refractivity contribution in [1.82, 2.24) is 4.90 Å². The molecule has 1 fully saturated rings. The Bertz CT molecular complexity index is 729. The summed E-state index contributed by atoms with van der Waals surface area (Å²) in [5, 5.41) is 1.30. The van der Waals surface area contributed by atoms with E-state index in [1.807, 2.05) is 6.26 Å². The van der Waals surface area contributed by atoms with Gasteiger partial charge in [0.05, 0.1) is 6.26 Å². The zero-order valence-corrected chi connectivity index (χ0v) is 15.0. The molecule has 1 saturated heterocycles. The number of fused-ring (bicyclic) bond motifs is 3. The summed E-state index contributed by atoms with van der Waals surface area (Å²) >= 11 is 0. The van der Waals surface area contributed by atoms with E-state index in [1.165, 1.54) is 48.7 Å². The zero-order valence-electron chi connectivity index (χ0n) is 15.0. The highest BCUT2D eigenvalue weighted by atomic mass is 16.3. The van der Waals surface area contributed by atoms with Crippen LogP contribution in [0.2, 0.25) is 0 Å². The van der Waals surface area contributed by atoms with Gasteiger partial charge in [0.25, 0.3) is 0 Å². The molecule has 2 nitrogen and oxygen atoms in total. The van der Waals surface area contributed by atoms with E-state index in [0.29, 0.717) is 6.04 Å². The molecule has 1 aromatic heterocycles. The molecule has 3 atom stereocenters. The highest BCUT2D eigenvalue weighted by Gasteiger charge is 2.36. The molecule has 2 aliphatic heterocycles. The van der Waals surface area contributed by atoms with Gasteiger partial charge in [-0.05, 0) is 55.7 Å². The van der Waals surface area contributed by atoms with Gasteiger partial charge in [0.2, 0.25) is 0 Å². The highest BCUT2D eigenvalue weighted by molar-refractivity contribution is 5.81. The Kier molecular flexibility index (Phi) is 4.49. The van der Waals surface area contributed by atoms with Crippen molar-refractivity contribution >= 4 is 11.0 Å². The Morgan fingerprint density at radius 3 is 3.00 bits per heavy atom. The number of aryl methyl sites for hydroxylation is 1. The SMILES string of the molecule is CCCCC1CC2C=CC1N(CCc1coc3ccc(C)cc13)C2. The Morgan fingerprint density at radius 2 is 2.17 bits per heavy atom. The number of piperidine rings is 1. The molecular weight excluding hydrogens is 294 g/mol. The topological polar surface area (TPSA) is 16.4 Å². The maximum absolute atomic E-state index is 5.75. The van der Waals surface area contributed by atoms with Crippen LogP contribution in [0.1, 0.15) is 43.7 Å². The van der Waals surface area contributed by atoms with Crippen molar-refractivity contribution in [3.63, 3.8) is 0 Å². The summed E-state index contributed by atoms with van der Waals surface area (Å²) in [6, 6.07) is 7.16. The molecule has 0 N–H and O–H groups in total. The van der Waals surface area contributed by atoms with Crippen molar-refractivity contribution in [1.29, 1.82) is 0 Å². The quantitative estimate of drug-likeness (QED) is 0.666. The van der Waals surface area contributed by atoms with Crippen molar-refractivity contribution in [2.75, 3.05) is 13.1 Å². The summed E-state index contributed by atoms with van der Waals surface area (Å²) in [6.45, 7) is 6.86. The zero-order chi connectivity index (χ0) is 16.5. The highest BCUT2D eigenvalue weighted by Crippen LogP contribution is 2.37. The molecule has 3 heterocycles. The number of unbranched alkanes of at least 4 members (excludes halogenated alkanes) is 1. The molecule has 2 aromatic rings. The number of hydrogen-bond acceptors (Lipinski definition) is 2. The number of benzene rings is 1. The van der Waals surface area contributed by atoms with Crippen molar-refractivity contribution in [2.24, 2.45) is 11.8 Å². The Morgan fingerprint density at radius 1 is 1.25 bits per heavy atom. The second kappa shape index (κ2) is 6.76. The Balaban J connectivity index is 1.45. The van der Waals surface area contributed by atoms with Gasteiger partial charge >= 0.3 is 0 Å². The van der Waals surface area contributed by atoms with E-state index in [4.69, 9.17) is 4.42 Å². The molecule has 0 spiro atoms. The number of hydrogen-bond donors (Lipinski definition) is 0. The first kappa shape index (κ1) is 16.0. The van der Waals surface area contributed by atoms with Crippen molar-refractivity contribution < 1.29 is 4.42 Å². The van der Waals surface area contributed by atoms with Crippen LogP contribution >= 0.6 is 0 Å². The Hall–Kier alpha value is -1.54. The van der Waals surface area contributed by atoms with Crippen LogP contribution in [0.15, 0.2) is 41.0 Å². The smallest absolute Gasteiger partial charge is 0.134 e. The van der Waals surface area contributed by atoms with Crippen LogP contribution in [0.4, 0.5) is 0 Å². The third-order valence-electron chi connectivity index (χ3n) is 5.97. The van der Waals surface area contributed by atoms with Crippen LogP contribution < -0.4 is 0 Å². The lowest BCUT2D eigenvalue weighted by Crippen LogP contribution is -2.50. The summed E-state index contributed by atoms with van der Waals surface area (Å²) in [6.07, 6.45) is 13.5. The Labute approximate surface area is 145 Å². The fourth-order valence-corrected chi connectivity index (χ4v) is 4.66. The summed E-state index contributed by atoms with van der Waals surface area (Å²) in [5.41, 5.74) is 3.70. The molecule has 24 heavy (non-hydrogen) atoms. The van der Waals surface area contributed by atoms with Crippen LogP contribution in [0.25, 0.3) is 11.0 Å².